The van der Waals surface area contributed by atoms with Crippen LogP contribution >= 0.6 is 31.9 Å². The maximum Gasteiger partial charge on any atom is 0.292 e. The maximum absolute atomic E-state index is 12.5. The van der Waals surface area contributed by atoms with Crippen molar-refractivity contribution in [3.63, 3.8) is 0 Å². The standard InChI is InChI=1S/C18H13BrN4O.C10H7N3.C8H6BrNO/c1-12-9-14(5-6-16(12)19)22-18(24)17-21-7-8-23(17)15-4-2-3-13(10-15)11-20;11-7-9-2-1-3-10(6-9)13-5-4-12-8-13;1-6-4-7(10-5-11)2-3-8(6)9/h2-10H,1H3,(H,22,24);1-6,8H;2-4H,1H3. The molecule has 0 fully saturated rings. The molecule has 12 heteroatoms. The number of hydrogen-bond donors (Lipinski definition) is 1. The van der Waals surface area contributed by atoms with Crippen molar-refractivity contribution in [2.24, 2.45) is 4.99 Å². The van der Waals surface area contributed by atoms with Crippen molar-refractivity contribution in [2.75, 3.05) is 5.32 Å². The highest BCUT2D eigenvalue weighted by Gasteiger charge is 2.15. The predicted octanol–water partition coefficient (Wildman–Crippen LogP) is 8.54. The fourth-order valence-corrected chi connectivity index (χ4v) is 4.71. The zero-order valence-corrected chi connectivity index (χ0v) is 28.8. The number of benzene rings is 4. The number of imidazole rings is 2. The Kier molecular flexibility index (Phi) is 12.5. The van der Waals surface area contributed by atoms with Gasteiger partial charge in [0.15, 0.2) is 0 Å². The van der Waals surface area contributed by atoms with Crippen molar-refractivity contribution in [1.82, 2.24) is 19.1 Å². The van der Waals surface area contributed by atoms with Gasteiger partial charge < -0.3 is 9.88 Å². The molecule has 6 aromatic rings. The fraction of sp³-hybridized carbons (Fsp3) is 0.0556. The lowest BCUT2D eigenvalue weighted by Crippen LogP contribution is -2.17. The summed E-state index contributed by atoms with van der Waals surface area (Å²) in [7, 11) is 0. The number of hydrogen-bond acceptors (Lipinski definition) is 7. The van der Waals surface area contributed by atoms with Gasteiger partial charge in [-0.1, -0.05) is 44.0 Å². The first-order chi connectivity index (χ1) is 23.2. The van der Waals surface area contributed by atoms with Crippen molar-refractivity contribution < 1.29 is 9.59 Å². The van der Waals surface area contributed by atoms with E-state index in [1.54, 1.807) is 59.8 Å². The number of halogens is 2. The molecule has 0 aliphatic carbocycles. The Morgan fingerprint density at radius 3 is 2.06 bits per heavy atom. The summed E-state index contributed by atoms with van der Waals surface area (Å²) in [5.41, 5.74) is 6.27. The van der Waals surface area contributed by atoms with E-state index in [1.807, 2.05) is 79.2 Å². The highest BCUT2D eigenvalue weighted by molar-refractivity contribution is 9.10. The number of anilines is 1. The minimum Gasteiger partial charge on any atom is -0.319 e. The molecule has 4 aromatic carbocycles. The topological polar surface area (TPSA) is 142 Å². The Morgan fingerprint density at radius 2 is 1.46 bits per heavy atom. The minimum atomic E-state index is -0.316. The molecule has 0 bridgehead atoms. The Labute approximate surface area is 293 Å². The first kappa shape index (κ1) is 35.0. The van der Waals surface area contributed by atoms with E-state index < -0.39 is 0 Å². The van der Waals surface area contributed by atoms with Gasteiger partial charge in [-0.25, -0.2) is 14.8 Å². The lowest BCUT2D eigenvalue weighted by molar-refractivity contribution is 0.101. The van der Waals surface area contributed by atoms with Gasteiger partial charge in [0.25, 0.3) is 5.91 Å². The lowest BCUT2D eigenvalue weighted by Gasteiger charge is -2.10. The predicted molar refractivity (Wildman–Crippen MR) is 190 cm³/mol. The molecule has 1 N–H and O–H groups in total. The van der Waals surface area contributed by atoms with Crippen LogP contribution in [0, 0.1) is 36.5 Å². The molecule has 0 spiro atoms. The molecule has 0 radical (unpaired) electrons. The van der Waals surface area contributed by atoms with E-state index in [0.717, 1.165) is 25.8 Å². The third-order valence-electron chi connectivity index (χ3n) is 6.61. The Hall–Kier alpha value is -5.91. The van der Waals surface area contributed by atoms with Gasteiger partial charge in [0.2, 0.25) is 11.9 Å². The Balaban J connectivity index is 0.000000182. The molecule has 0 aliphatic heterocycles. The van der Waals surface area contributed by atoms with Crippen molar-refractivity contribution in [3.05, 3.63) is 153 Å². The second-order valence-corrected chi connectivity index (χ2v) is 11.7. The summed E-state index contributed by atoms with van der Waals surface area (Å²) in [4.78, 5) is 34.0. The Morgan fingerprint density at radius 1 is 0.812 bits per heavy atom. The molecule has 2 heterocycles. The molecular formula is C36H26Br2N8O2. The smallest absolute Gasteiger partial charge is 0.292 e. The number of isocyanates is 1. The van der Waals surface area contributed by atoms with Crippen molar-refractivity contribution in [3.8, 4) is 23.5 Å². The average Bonchev–Trinajstić information content (AvgIpc) is 3.83. The maximum atomic E-state index is 12.5. The number of rotatable bonds is 5. The van der Waals surface area contributed by atoms with E-state index in [1.165, 1.54) is 6.08 Å². The fourth-order valence-electron chi connectivity index (χ4n) is 4.21. The zero-order valence-electron chi connectivity index (χ0n) is 25.7. The first-order valence-corrected chi connectivity index (χ1v) is 15.7. The van der Waals surface area contributed by atoms with Crippen LogP contribution in [0.5, 0.6) is 0 Å². The van der Waals surface area contributed by atoms with E-state index in [0.29, 0.717) is 28.2 Å². The molecule has 1 amide bonds. The third-order valence-corrected chi connectivity index (χ3v) is 8.39. The molecule has 236 valence electrons. The van der Waals surface area contributed by atoms with E-state index in [9.17, 15) is 9.59 Å². The van der Waals surface area contributed by atoms with E-state index >= 15 is 0 Å². The van der Waals surface area contributed by atoms with Crippen LogP contribution in [0.3, 0.4) is 0 Å². The van der Waals surface area contributed by atoms with Crippen LogP contribution in [0.4, 0.5) is 11.4 Å². The number of nitrogens with zero attached hydrogens (tertiary/aromatic N) is 7. The number of carbonyl (C=O) groups excluding carboxylic acids is 2. The summed E-state index contributed by atoms with van der Waals surface area (Å²) in [6.07, 6.45) is 10.00. The number of carbonyl (C=O) groups is 1. The van der Waals surface area contributed by atoms with Crippen LogP contribution in [0.25, 0.3) is 11.4 Å². The van der Waals surface area contributed by atoms with Crippen molar-refractivity contribution in [2.45, 2.75) is 13.8 Å². The number of aryl methyl sites for hydroxylation is 2. The summed E-state index contributed by atoms with van der Waals surface area (Å²) in [6.45, 7) is 3.89. The van der Waals surface area contributed by atoms with Crippen LogP contribution in [0.2, 0.25) is 0 Å². The molecular weight excluding hydrogens is 736 g/mol. The molecule has 48 heavy (non-hydrogen) atoms. The van der Waals surface area contributed by atoms with Crippen LogP contribution in [-0.4, -0.2) is 31.1 Å². The quantitative estimate of drug-likeness (QED) is 0.138. The molecule has 2 aromatic heterocycles. The SMILES string of the molecule is Cc1cc(N=C=O)ccc1Br.Cc1cc(NC(=O)c2nccn2-c2cccc(C#N)c2)ccc1Br.N#Cc1cccc(-n2ccnc2)c1. The summed E-state index contributed by atoms with van der Waals surface area (Å²) in [6, 6.07) is 29.6. The van der Waals surface area contributed by atoms with Gasteiger partial charge in [-0.2, -0.15) is 15.5 Å². The molecule has 6 rings (SSSR count). The Bertz CT molecular complexity index is 2170. The second-order valence-electron chi connectivity index (χ2n) is 9.97. The van der Waals surface area contributed by atoms with Crippen LogP contribution in [-0.2, 0) is 4.79 Å². The van der Waals surface area contributed by atoms with Gasteiger partial charge in [-0.05, 0) is 97.8 Å². The van der Waals surface area contributed by atoms with Crippen molar-refractivity contribution in [1.29, 1.82) is 10.5 Å². The largest absolute Gasteiger partial charge is 0.319 e. The number of aromatic nitrogens is 4. The third kappa shape index (κ3) is 9.55. The zero-order chi connectivity index (χ0) is 34.5. The molecule has 10 nitrogen and oxygen atoms in total. The second kappa shape index (κ2) is 17.1. The lowest BCUT2D eigenvalue weighted by atomic mass is 10.2. The molecule has 0 aliphatic rings. The van der Waals surface area contributed by atoms with Gasteiger partial charge >= 0.3 is 0 Å². The van der Waals surface area contributed by atoms with Crippen LogP contribution < -0.4 is 5.32 Å². The average molecular weight is 762 g/mol. The van der Waals surface area contributed by atoms with E-state index in [4.69, 9.17) is 10.5 Å². The highest BCUT2D eigenvalue weighted by Crippen LogP contribution is 2.22. The number of aliphatic imine (C=N–C) groups is 1. The number of amides is 1. The summed E-state index contributed by atoms with van der Waals surface area (Å²) in [5.74, 6) is -0.0604. The molecule has 0 saturated carbocycles. The van der Waals surface area contributed by atoms with Crippen LogP contribution in [0.1, 0.15) is 32.9 Å². The summed E-state index contributed by atoms with van der Waals surface area (Å²) < 4.78 is 5.51. The monoisotopic (exact) mass is 760 g/mol. The van der Waals surface area contributed by atoms with Crippen molar-refractivity contribution >= 4 is 55.2 Å². The minimum absolute atomic E-state index is 0.255. The van der Waals surface area contributed by atoms with Gasteiger partial charge in [0, 0.05) is 50.8 Å². The number of nitriles is 2. The van der Waals surface area contributed by atoms with Gasteiger partial charge in [0.1, 0.15) is 0 Å². The highest BCUT2D eigenvalue weighted by atomic mass is 79.9. The molecule has 0 unspecified atom stereocenters. The van der Waals surface area contributed by atoms with Gasteiger partial charge in [-0.15, -0.1) is 0 Å². The van der Waals surface area contributed by atoms with Gasteiger partial charge in [-0.3, -0.25) is 9.36 Å². The van der Waals surface area contributed by atoms with E-state index in [-0.39, 0.29) is 11.7 Å². The normalized spacial score (nSPS) is 9.71. The molecule has 0 atom stereocenters. The molecule has 0 saturated heterocycles. The van der Waals surface area contributed by atoms with E-state index in [2.05, 4.69) is 64.3 Å². The van der Waals surface area contributed by atoms with Crippen LogP contribution in [0.15, 0.2) is 130 Å². The number of nitrogens with one attached hydrogen (secondary N) is 1. The summed E-state index contributed by atoms with van der Waals surface area (Å²) in [5, 5.41) is 20.6. The van der Waals surface area contributed by atoms with Gasteiger partial charge in [0.05, 0.1) is 35.3 Å². The first-order valence-electron chi connectivity index (χ1n) is 14.2. The summed E-state index contributed by atoms with van der Waals surface area (Å²) >= 11 is 6.77.